The fourth-order valence-corrected chi connectivity index (χ4v) is 4.42. The highest BCUT2D eigenvalue weighted by Gasteiger charge is 2.28. The maximum Gasteiger partial charge on any atom is 0.220 e. The van der Waals surface area contributed by atoms with E-state index in [-0.39, 0.29) is 5.54 Å². The molecule has 0 aliphatic carbocycles. The molecule has 0 saturated heterocycles. The highest BCUT2D eigenvalue weighted by Crippen LogP contribution is 2.28. The first-order valence-corrected chi connectivity index (χ1v) is 9.13. The summed E-state index contributed by atoms with van der Waals surface area (Å²) in [7, 11) is 1.25. The minimum Gasteiger partial charge on any atom is -0.364 e. The van der Waals surface area contributed by atoms with E-state index in [4.69, 9.17) is 16.6 Å². The number of halogens is 1. The summed E-state index contributed by atoms with van der Waals surface area (Å²) in [5.74, 6) is 0.727. The van der Waals surface area contributed by atoms with Crippen LogP contribution in [0.1, 0.15) is 20.8 Å². The van der Waals surface area contributed by atoms with Gasteiger partial charge in [-0.2, -0.15) is 4.98 Å². The second-order valence-electron chi connectivity index (χ2n) is 5.93. The Morgan fingerprint density at radius 2 is 1.89 bits per heavy atom. The van der Waals surface area contributed by atoms with Gasteiger partial charge in [0.15, 0.2) is 8.96 Å². The largest absolute Gasteiger partial charge is 0.364 e. The van der Waals surface area contributed by atoms with E-state index in [2.05, 4.69) is 43.4 Å². The van der Waals surface area contributed by atoms with Gasteiger partial charge in [-0.15, -0.1) is 0 Å². The van der Waals surface area contributed by atoms with Crippen LogP contribution in [0.5, 0.6) is 0 Å². The van der Waals surface area contributed by atoms with Crippen molar-refractivity contribution in [2.45, 2.75) is 39.4 Å². The lowest BCUT2D eigenvalue weighted by atomic mass is 10.1. The first-order chi connectivity index (χ1) is 8.71. The predicted octanol–water partition coefficient (Wildman–Crippen LogP) is 3.48. The molecule has 4 nitrogen and oxygen atoms in total. The third-order valence-corrected chi connectivity index (χ3v) is 5.04. The molecule has 0 amide bonds. The molecule has 2 heterocycles. The number of hydrogen-bond acceptors (Lipinski definition) is 3. The van der Waals surface area contributed by atoms with Gasteiger partial charge < -0.3 is 9.13 Å². The summed E-state index contributed by atoms with van der Waals surface area (Å²) in [6.07, 6.45) is 1.96. The molecular formula is C13H20ClN4Si. The number of hydrogen-bond donors (Lipinski definition) is 0. The number of rotatable bonds is 2. The van der Waals surface area contributed by atoms with E-state index in [1.54, 1.807) is 0 Å². The van der Waals surface area contributed by atoms with Crippen molar-refractivity contribution in [2.24, 2.45) is 7.05 Å². The Hall–Kier alpha value is -1.07. The van der Waals surface area contributed by atoms with Crippen molar-refractivity contribution < 1.29 is 0 Å². The summed E-state index contributed by atoms with van der Waals surface area (Å²) in [6, 6.07) is 1.95. The normalized spacial score (nSPS) is 12.4. The van der Waals surface area contributed by atoms with Gasteiger partial charge in [0, 0.05) is 18.8 Å². The smallest absolute Gasteiger partial charge is 0.220 e. The molecule has 0 aromatic carbocycles. The molecule has 2 rings (SSSR count). The summed E-state index contributed by atoms with van der Waals surface area (Å²) in [4.78, 5) is 9.20. The molecule has 103 valence electrons. The maximum absolute atomic E-state index is 6.29. The minimum absolute atomic E-state index is 0.0139. The third-order valence-electron chi connectivity index (χ3n) is 2.98. The molecule has 0 spiro atoms. The molecule has 2 aromatic rings. The maximum atomic E-state index is 6.29. The van der Waals surface area contributed by atoms with Crippen molar-refractivity contribution in [3.8, 4) is 0 Å². The lowest BCUT2D eigenvalue weighted by Gasteiger charge is -2.38. The molecule has 0 aliphatic rings. The van der Waals surface area contributed by atoms with Crippen LogP contribution < -0.4 is 4.57 Å². The van der Waals surface area contributed by atoms with Gasteiger partial charge in [0.05, 0.1) is 5.39 Å². The van der Waals surface area contributed by atoms with E-state index in [0.29, 0.717) is 5.15 Å². The number of aromatic nitrogens is 3. The first kappa shape index (κ1) is 14.3. The number of aryl methyl sites for hydroxylation is 1. The average Bonchev–Trinajstić information content (AvgIpc) is 2.58. The van der Waals surface area contributed by atoms with Crippen molar-refractivity contribution in [3.63, 3.8) is 0 Å². The topological polar surface area (TPSA) is 34.0 Å². The fraction of sp³-hybridized carbons (Fsp3) is 0.538. The number of fused-ring (bicyclic) bond motifs is 1. The van der Waals surface area contributed by atoms with Gasteiger partial charge in [0.2, 0.25) is 5.95 Å². The van der Waals surface area contributed by atoms with Gasteiger partial charge in [0.1, 0.15) is 10.8 Å². The first-order valence-electron chi connectivity index (χ1n) is 6.31. The highest BCUT2D eigenvalue weighted by molar-refractivity contribution is 6.60. The number of anilines is 1. The average molecular weight is 296 g/mol. The Labute approximate surface area is 121 Å². The Morgan fingerprint density at radius 1 is 1.26 bits per heavy atom. The molecule has 1 radical (unpaired) electrons. The summed E-state index contributed by atoms with van der Waals surface area (Å²) in [5, 5.41) is 1.43. The van der Waals surface area contributed by atoms with Crippen molar-refractivity contribution in [1.29, 1.82) is 0 Å². The monoisotopic (exact) mass is 295 g/mol. The summed E-state index contributed by atoms with van der Waals surface area (Å²) in [5.41, 5.74) is 0.868. The molecule has 0 aliphatic heterocycles. The fourth-order valence-electron chi connectivity index (χ4n) is 2.36. The van der Waals surface area contributed by atoms with Gasteiger partial charge in [-0.1, -0.05) is 24.7 Å². The summed E-state index contributed by atoms with van der Waals surface area (Å²) >= 11 is 6.29. The lowest BCUT2D eigenvalue weighted by molar-refractivity contribution is 0.568. The molecule has 0 unspecified atom stereocenters. The van der Waals surface area contributed by atoms with Crippen molar-refractivity contribution in [1.82, 2.24) is 14.5 Å². The van der Waals surface area contributed by atoms with E-state index in [0.717, 1.165) is 17.0 Å². The molecular weight excluding hydrogens is 276 g/mol. The van der Waals surface area contributed by atoms with Crippen molar-refractivity contribution in [2.75, 3.05) is 4.57 Å². The molecule has 19 heavy (non-hydrogen) atoms. The van der Waals surface area contributed by atoms with Crippen LogP contribution in [0.4, 0.5) is 5.95 Å². The van der Waals surface area contributed by atoms with E-state index in [1.165, 1.54) is 0 Å². The van der Waals surface area contributed by atoms with Crippen LogP contribution in [0.3, 0.4) is 0 Å². The quantitative estimate of drug-likeness (QED) is 0.628. The Kier molecular flexibility index (Phi) is 3.62. The van der Waals surface area contributed by atoms with Gasteiger partial charge in [-0.25, -0.2) is 4.98 Å². The minimum atomic E-state index is -0.722. The standard InChI is InChI=1S/C13H20ClN4Si/c1-13(2,3)18(19(5)6)12-15-10(14)9-7-8-17(4)11(9)16-12/h7-8H,1-6H3. The molecule has 2 aromatic heterocycles. The second-order valence-corrected chi connectivity index (χ2v) is 8.63. The number of nitrogens with zero attached hydrogens (tertiary/aromatic N) is 4. The van der Waals surface area contributed by atoms with E-state index < -0.39 is 8.96 Å². The molecule has 6 heteroatoms. The van der Waals surface area contributed by atoms with Crippen molar-refractivity contribution >= 4 is 37.5 Å². The molecule has 0 atom stereocenters. The molecule has 0 bridgehead atoms. The SMILES string of the molecule is Cn1ccc2c(Cl)nc(N([Si](C)C)C(C)(C)C)nc21. The summed E-state index contributed by atoms with van der Waals surface area (Å²) < 4.78 is 4.26. The van der Waals surface area contributed by atoms with Crippen molar-refractivity contribution in [3.05, 3.63) is 17.4 Å². The van der Waals surface area contributed by atoms with Gasteiger partial charge >= 0.3 is 0 Å². The van der Waals surface area contributed by atoms with Gasteiger partial charge in [-0.3, -0.25) is 0 Å². The third kappa shape index (κ3) is 2.62. The van der Waals surface area contributed by atoms with Gasteiger partial charge in [0.25, 0.3) is 0 Å². The van der Waals surface area contributed by atoms with Crippen LogP contribution in [-0.2, 0) is 7.05 Å². The van der Waals surface area contributed by atoms with Crippen LogP contribution in [0.25, 0.3) is 11.0 Å². The zero-order valence-corrected chi connectivity index (χ0v) is 14.1. The van der Waals surface area contributed by atoms with E-state index in [1.807, 2.05) is 23.9 Å². The van der Waals surface area contributed by atoms with Gasteiger partial charge in [-0.05, 0) is 26.8 Å². The van der Waals surface area contributed by atoms with Crippen LogP contribution >= 0.6 is 11.6 Å². The zero-order chi connectivity index (χ0) is 14.4. The Balaban J connectivity index is 2.64. The van der Waals surface area contributed by atoms with Crippen LogP contribution in [-0.4, -0.2) is 29.0 Å². The Bertz CT molecular complexity index is 600. The van der Waals surface area contributed by atoms with E-state index in [9.17, 15) is 0 Å². The predicted molar refractivity (Wildman–Crippen MR) is 83.2 cm³/mol. The molecule has 0 N–H and O–H groups in total. The molecule has 0 saturated carbocycles. The lowest BCUT2D eigenvalue weighted by Crippen LogP contribution is -2.49. The second kappa shape index (κ2) is 4.79. The zero-order valence-electron chi connectivity index (χ0n) is 12.3. The molecule has 0 fully saturated rings. The van der Waals surface area contributed by atoms with E-state index >= 15 is 0 Å². The van der Waals surface area contributed by atoms with Crippen LogP contribution in [0.15, 0.2) is 12.3 Å². The summed E-state index contributed by atoms with van der Waals surface area (Å²) in [6.45, 7) is 11.0. The van der Waals surface area contributed by atoms with Crippen LogP contribution in [0, 0.1) is 0 Å². The highest BCUT2D eigenvalue weighted by atomic mass is 35.5. The van der Waals surface area contributed by atoms with Crippen LogP contribution in [0.2, 0.25) is 18.2 Å². The Morgan fingerprint density at radius 3 is 2.42 bits per heavy atom.